The Morgan fingerprint density at radius 3 is 2.49 bits per heavy atom. The molecule has 4 aliphatic carbocycles. The van der Waals surface area contributed by atoms with Crippen LogP contribution in [0, 0.1) is 28.6 Å². The summed E-state index contributed by atoms with van der Waals surface area (Å²) in [5, 5.41) is 11.9. The average molecular weight is 481 g/mol. The van der Waals surface area contributed by atoms with Crippen LogP contribution in [0.3, 0.4) is 0 Å². The van der Waals surface area contributed by atoms with Crippen molar-refractivity contribution in [1.82, 2.24) is 0 Å². The van der Waals surface area contributed by atoms with E-state index in [4.69, 9.17) is 9.15 Å². The van der Waals surface area contributed by atoms with Crippen LogP contribution in [-0.2, 0) is 19.7 Å². The number of carbonyl (C=O) groups is 2. The van der Waals surface area contributed by atoms with E-state index < -0.39 is 11.7 Å². The van der Waals surface area contributed by atoms with E-state index in [-0.39, 0.29) is 45.8 Å². The van der Waals surface area contributed by atoms with Crippen LogP contribution in [0.15, 0.2) is 28.2 Å². The summed E-state index contributed by atoms with van der Waals surface area (Å²) in [6.45, 7) is 11.1. The molecule has 1 aliphatic heterocycles. The molecule has 35 heavy (non-hydrogen) atoms. The van der Waals surface area contributed by atoms with E-state index in [0.717, 1.165) is 43.6 Å². The molecule has 8 atom stereocenters. The van der Waals surface area contributed by atoms with E-state index in [1.807, 2.05) is 6.08 Å². The third kappa shape index (κ3) is 3.15. The van der Waals surface area contributed by atoms with E-state index in [9.17, 15) is 14.7 Å². The number of ether oxygens (including phenoxy) is 1. The van der Waals surface area contributed by atoms with Crippen LogP contribution in [0.4, 0.5) is 0 Å². The summed E-state index contributed by atoms with van der Waals surface area (Å²) >= 11 is 0. The van der Waals surface area contributed by atoms with Gasteiger partial charge in [0.05, 0.1) is 6.10 Å². The van der Waals surface area contributed by atoms with Crippen molar-refractivity contribution < 1.29 is 23.8 Å². The smallest absolute Gasteiger partial charge is 0.306 e. The van der Waals surface area contributed by atoms with Gasteiger partial charge in [-0.15, -0.1) is 0 Å². The topological polar surface area (TPSA) is 76.7 Å². The first-order valence-corrected chi connectivity index (χ1v) is 13.6. The number of carbonyl (C=O) groups excluding carboxylic acids is 2. The van der Waals surface area contributed by atoms with Gasteiger partial charge in [-0.25, -0.2) is 0 Å². The monoisotopic (exact) mass is 480 g/mol. The van der Waals surface area contributed by atoms with Crippen molar-refractivity contribution in [1.29, 1.82) is 0 Å². The highest BCUT2D eigenvalue weighted by Crippen LogP contribution is 2.71. The van der Waals surface area contributed by atoms with E-state index in [1.165, 1.54) is 5.57 Å². The molecule has 190 valence electrons. The summed E-state index contributed by atoms with van der Waals surface area (Å²) in [6.07, 6.45) is 7.33. The summed E-state index contributed by atoms with van der Waals surface area (Å²) in [5.74, 6) is 2.79. The predicted molar refractivity (Wildman–Crippen MR) is 132 cm³/mol. The van der Waals surface area contributed by atoms with Gasteiger partial charge in [0.2, 0.25) is 0 Å². The number of aliphatic hydroxyl groups excluding tert-OH is 1. The van der Waals surface area contributed by atoms with Gasteiger partial charge in [-0.1, -0.05) is 40.2 Å². The Hall–Kier alpha value is -1.88. The van der Waals surface area contributed by atoms with Gasteiger partial charge in [0, 0.05) is 29.6 Å². The van der Waals surface area contributed by atoms with Crippen molar-refractivity contribution in [3.8, 4) is 0 Å². The van der Waals surface area contributed by atoms with Crippen LogP contribution in [0.25, 0.3) is 0 Å². The first-order valence-electron chi connectivity index (χ1n) is 13.6. The summed E-state index contributed by atoms with van der Waals surface area (Å²) in [4.78, 5) is 24.8. The maximum atomic E-state index is 12.5. The third-order valence-corrected chi connectivity index (χ3v) is 11.0. The molecule has 1 N–H and O–H groups in total. The SMILES string of the molecule is CC(C)(C)c1ccc([C@@H]2CC3=CC(=O)CC[C@]3(C)[C@@H]3[C@@H]2[C@@H]2CC[C@@]4(CCC(=O)O4)[C@@]2(C)C[C@H]3O)o1. The molecule has 3 saturated carbocycles. The van der Waals surface area contributed by atoms with Crippen LogP contribution in [0.5, 0.6) is 0 Å². The molecule has 1 aromatic rings. The van der Waals surface area contributed by atoms with Crippen molar-refractivity contribution in [2.45, 2.75) is 109 Å². The highest BCUT2D eigenvalue weighted by molar-refractivity contribution is 5.91. The molecule has 4 fully saturated rings. The minimum absolute atomic E-state index is 0.0640. The molecule has 2 heterocycles. The fourth-order valence-electron chi connectivity index (χ4n) is 9.20. The molecular weight excluding hydrogens is 440 g/mol. The fourth-order valence-corrected chi connectivity index (χ4v) is 9.20. The van der Waals surface area contributed by atoms with E-state index in [1.54, 1.807) is 0 Å². The van der Waals surface area contributed by atoms with E-state index >= 15 is 0 Å². The lowest BCUT2D eigenvalue weighted by Gasteiger charge is -2.62. The second kappa shape index (κ2) is 7.34. The Bertz CT molecular complexity index is 1110. The summed E-state index contributed by atoms with van der Waals surface area (Å²) in [5.41, 5.74) is 0.217. The minimum atomic E-state index is -0.503. The Kier molecular flexibility index (Phi) is 4.93. The molecule has 6 rings (SSSR count). The summed E-state index contributed by atoms with van der Waals surface area (Å²) in [7, 11) is 0. The fraction of sp³-hybridized carbons (Fsp3) is 0.733. The van der Waals surface area contributed by atoms with Gasteiger partial charge in [-0.3, -0.25) is 9.59 Å². The van der Waals surface area contributed by atoms with Crippen molar-refractivity contribution >= 4 is 11.8 Å². The Morgan fingerprint density at radius 2 is 1.83 bits per heavy atom. The quantitative estimate of drug-likeness (QED) is 0.510. The zero-order valence-electron chi connectivity index (χ0n) is 21.9. The number of fused-ring (bicyclic) bond motifs is 6. The molecule has 5 aliphatic rings. The lowest BCUT2D eigenvalue weighted by molar-refractivity contribution is -0.188. The molecule has 5 heteroatoms. The molecule has 1 aromatic heterocycles. The maximum Gasteiger partial charge on any atom is 0.306 e. The second-order valence-corrected chi connectivity index (χ2v) is 13.7. The molecule has 1 spiro atoms. The highest BCUT2D eigenvalue weighted by atomic mass is 16.6. The van der Waals surface area contributed by atoms with Gasteiger partial charge < -0.3 is 14.3 Å². The number of hydrogen-bond donors (Lipinski definition) is 1. The predicted octanol–water partition coefficient (Wildman–Crippen LogP) is 5.85. The first-order chi connectivity index (χ1) is 16.4. The molecule has 0 amide bonds. The Balaban J connectivity index is 1.49. The highest BCUT2D eigenvalue weighted by Gasteiger charge is 2.70. The number of ketones is 1. The number of furan rings is 1. The first kappa shape index (κ1) is 23.5. The van der Waals surface area contributed by atoms with E-state index in [2.05, 4.69) is 46.8 Å². The molecule has 0 unspecified atom stereocenters. The van der Waals surface area contributed by atoms with Crippen molar-refractivity contribution in [2.24, 2.45) is 28.6 Å². The van der Waals surface area contributed by atoms with Crippen molar-refractivity contribution in [2.75, 3.05) is 0 Å². The van der Waals surface area contributed by atoms with Crippen LogP contribution in [0.1, 0.15) is 103 Å². The molecule has 1 saturated heterocycles. The number of hydrogen-bond acceptors (Lipinski definition) is 5. The van der Waals surface area contributed by atoms with Gasteiger partial charge in [0.15, 0.2) is 5.78 Å². The number of rotatable bonds is 1. The Labute approximate surface area is 208 Å². The van der Waals surface area contributed by atoms with Crippen molar-refractivity contribution in [3.05, 3.63) is 35.3 Å². The zero-order valence-corrected chi connectivity index (χ0v) is 21.9. The molecule has 0 radical (unpaired) electrons. The van der Waals surface area contributed by atoms with Gasteiger partial charge >= 0.3 is 5.97 Å². The lowest BCUT2D eigenvalue weighted by atomic mass is 9.43. The number of aliphatic hydroxyl groups is 1. The second-order valence-electron chi connectivity index (χ2n) is 13.7. The Morgan fingerprint density at radius 1 is 1.06 bits per heavy atom. The van der Waals surface area contributed by atoms with Crippen molar-refractivity contribution in [3.63, 3.8) is 0 Å². The van der Waals surface area contributed by atoms with Gasteiger partial charge in [0.1, 0.15) is 17.1 Å². The third-order valence-electron chi connectivity index (χ3n) is 11.0. The summed E-state index contributed by atoms with van der Waals surface area (Å²) < 4.78 is 12.7. The lowest BCUT2D eigenvalue weighted by Crippen LogP contribution is -2.61. The minimum Gasteiger partial charge on any atom is -0.465 e. The number of allylic oxidation sites excluding steroid dienone is 1. The summed E-state index contributed by atoms with van der Waals surface area (Å²) in [6, 6.07) is 4.24. The van der Waals surface area contributed by atoms with Crippen LogP contribution in [0.2, 0.25) is 0 Å². The largest absolute Gasteiger partial charge is 0.465 e. The zero-order chi connectivity index (χ0) is 25.0. The molecule has 0 bridgehead atoms. The average Bonchev–Trinajstić information content (AvgIpc) is 3.47. The molecule has 5 nitrogen and oxygen atoms in total. The van der Waals surface area contributed by atoms with E-state index in [0.29, 0.717) is 25.2 Å². The van der Waals surface area contributed by atoms with Crippen LogP contribution < -0.4 is 0 Å². The van der Waals surface area contributed by atoms with Gasteiger partial charge in [0.25, 0.3) is 0 Å². The van der Waals surface area contributed by atoms with Gasteiger partial charge in [-0.2, -0.15) is 0 Å². The normalized spacial score (nSPS) is 45.1. The van der Waals surface area contributed by atoms with Crippen LogP contribution in [-0.4, -0.2) is 28.6 Å². The van der Waals surface area contributed by atoms with Crippen LogP contribution >= 0.6 is 0 Å². The maximum absolute atomic E-state index is 12.5. The molecular formula is C30H40O5. The molecule has 0 aromatic carbocycles. The standard InChI is InChI=1S/C30H40O5/c1-27(2,3)23-7-6-22(34-23)19-15-17-14-18(31)8-11-28(17,4)26-21(32)16-29(5)20(25(19)26)9-12-30(29)13-10-24(33)35-30/h6-7,14,19-21,25-26,32H,8-13,15-16H2,1-5H3/t19-,20-,21+,25-,26-,28-,29-,30+/m0/s1. The number of esters is 1. The van der Waals surface area contributed by atoms with Gasteiger partial charge in [-0.05, 0) is 79.9 Å².